The molecule has 0 atom stereocenters. The van der Waals surface area contributed by atoms with Crippen LogP contribution >= 0.6 is 11.6 Å². The first-order chi connectivity index (χ1) is 11.8. The van der Waals surface area contributed by atoms with Gasteiger partial charge in [0.25, 0.3) is 5.91 Å². The number of nitrogen functional groups attached to an aromatic ring is 1. The molecule has 3 rings (SSSR count). The molecule has 1 amide bonds. The van der Waals surface area contributed by atoms with E-state index in [0.717, 1.165) is 4.90 Å². The summed E-state index contributed by atoms with van der Waals surface area (Å²) in [5, 5.41) is 8.44. The minimum atomic E-state index is -0.432. The van der Waals surface area contributed by atoms with Crippen LogP contribution in [0.25, 0.3) is 10.9 Å². The monoisotopic (exact) mass is 357 g/mol. The Hall–Kier alpha value is -3.19. The maximum Gasteiger partial charge on any atom is 0.276 e. The van der Waals surface area contributed by atoms with E-state index in [0.29, 0.717) is 33.1 Å². The van der Waals surface area contributed by atoms with Gasteiger partial charge in [-0.1, -0.05) is 17.7 Å². The molecule has 0 radical (unpaired) electrons. The smallest absolute Gasteiger partial charge is 0.276 e. The van der Waals surface area contributed by atoms with Crippen molar-refractivity contribution in [1.82, 2.24) is 9.88 Å². The lowest BCUT2D eigenvalue weighted by atomic mass is 10.2. The Morgan fingerprint density at radius 2 is 2.00 bits per heavy atom. The number of hydrogen-bond acceptors (Lipinski definition) is 4. The molecule has 0 aliphatic heterocycles. The van der Waals surface area contributed by atoms with Crippen LogP contribution in [-0.2, 0) is 0 Å². The summed E-state index contributed by atoms with van der Waals surface area (Å²) in [6, 6.07) is 12.0. The number of amides is 1. The first kappa shape index (κ1) is 16.7. The molecule has 1 aromatic heterocycles. The number of ether oxygens (including phenoxy) is 1. The number of anilines is 1. The van der Waals surface area contributed by atoms with Gasteiger partial charge in [0.2, 0.25) is 0 Å². The molecule has 0 saturated heterocycles. The number of rotatable bonds is 3. The topological polar surface area (TPSA) is 121 Å². The van der Waals surface area contributed by atoms with E-state index in [1.165, 1.54) is 7.05 Å². The van der Waals surface area contributed by atoms with E-state index in [2.05, 4.69) is 4.98 Å². The summed E-state index contributed by atoms with van der Waals surface area (Å²) >= 11 is 6.30. The van der Waals surface area contributed by atoms with Gasteiger partial charge in [-0.3, -0.25) is 15.1 Å². The third-order valence-electron chi connectivity index (χ3n) is 3.65. The fourth-order valence-corrected chi connectivity index (χ4v) is 2.61. The van der Waals surface area contributed by atoms with Gasteiger partial charge in [0.05, 0.1) is 10.5 Å². The number of carbonyl (C=O) groups is 1. The van der Waals surface area contributed by atoms with E-state index in [9.17, 15) is 4.79 Å². The summed E-state index contributed by atoms with van der Waals surface area (Å²) in [5.74, 6) is 0.303. The highest BCUT2D eigenvalue weighted by Gasteiger charge is 2.18. The van der Waals surface area contributed by atoms with Crippen molar-refractivity contribution < 1.29 is 9.53 Å². The number of hydrogen-bond donors (Lipinski definition) is 4. The second-order valence-corrected chi connectivity index (χ2v) is 5.88. The van der Waals surface area contributed by atoms with Crippen LogP contribution in [0.1, 0.15) is 10.5 Å². The number of guanidine groups is 1. The van der Waals surface area contributed by atoms with Crippen molar-refractivity contribution in [3.8, 4) is 11.5 Å². The molecule has 0 saturated carbocycles. The summed E-state index contributed by atoms with van der Waals surface area (Å²) in [6.45, 7) is 0. The number of aromatic nitrogens is 1. The molecular weight excluding hydrogens is 342 g/mol. The van der Waals surface area contributed by atoms with Crippen molar-refractivity contribution in [2.75, 3.05) is 12.8 Å². The van der Waals surface area contributed by atoms with E-state index in [1.54, 1.807) is 42.5 Å². The first-order valence-corrected chi connectivity index (χ1v) is 7.70. The number of aromatic amines is 1. The maximum atomic E-state index is 12.3. The number of halogens is 1. The minimum Gasteiger partial charge on any atom is -0.457 e. The Kier molecular flexibility index (Phi) is 4.24. The summed E-state index contributed by atoms with van der Waals surface area (Å²) in [7, 11) is 1.42. The lowest BCUT2D eigenvalue weighted by molar-refractivity contribution is 0.0864. The van der Waals surface area contributed by atoms with Crippen LogP contribution < -0.4 is 16.2 Å². The van der Waals surface area contributed by atoms with E-state index < -0.39 is 5.91 Å². The third-order valence-corrected chi connectivity index (χ3v) is 3.96. The lowest BCUT2D eigenvalue weighted by Crippen LogP contribution is -2.38. The molecule has 3 aromatic rings. The van der Waals surface area contributed by atoms with Gasteiger partial charge in [0, 0.05) is 36.3 Å². The van der Waals surface area contributed by atoms with Gasteiger partial charge >= 0.3 is 0 Å². The Morgan fingerprint density at radius 3 is 2.68 bits per heavy atom. The first-order valence-electron chi connectivity index (χ1n) is 7.33. The SMILES string of the molecule is CN(C(=N)N)C(=O)c1cc2c(Cl)cc(Oc3cccc(N)c3)cc2[nH]1. The molecule has 0 aliphatic carbocycles. The zero-order chi connectivity index (χ0) is 18.1. The third kappa shape index (κ3) is 3.36. The van der Waals surface area contributed by atoms with E-state index >= 15 is 0 Å². The molecule has 0 bridgehead atoms. The summed E-state index contributed by atoms with van der Waals surface area (Å²) in [6.07, 6.45) is 0. The van der Waals surface area contributed by atoms with Gasteiger partial charge in [-0.2, -0.15) is 0 Å². The molecule has 1 heterocycles. The molecule has 7 nitrogen and oxygen atoms in total. The number of nitrogens with one attached hydrogen (secondary N) is 2. The van der Waals surface area contributed by atoms with Gasteiger partial charge in [-0.15, -0.1) is 0 Å². The predicted molar refractivity (Wildman–Crippen MR) is 98.2 cm³/mol. The Balaban J connectivity index is 1.96. The van der Waals surface area contributed by atoms with Crippen LogP contribution in [0.2, 0.25) is 5.02 Å². The second kappa shape index (κ2) is 6.37. The fourth-order valence-electron chi connectivity index (χ4n) is 2.35. The average molecular weight is 358 g/mol. The van der Waals surface area contributed by atoms with Gasteiger partial charge in [-0.05, 0) is 18.2 Å². The average Bonchev–Trinajstić information content (AvgIpc) is 2.98. The number of carbonyl (C=O) groups excluding carboxylic acids is 1. The summed E-state index contributed by atoms with van der Waals surface area (Å²) in [5.41, 5.74) is 12.6. The highest BCUT2D eigenvalue weighted by atomic mass is 35.5. The molecule has 6 N–H and O–H groups in total. The van der Waals surface area contributed by atoms with Crippen LogP contribution in [0.4, 0.5) is 5.69 Å². The quantitative estimate of drug-likeness (QED) is 0.327. The summed E-state index contributed by atoms with van der Waals surface area (Å²) in [4.78, 5) is 16.3. The predicted octanol–water partition coefficient (Wildman–Crippen LogP) is 3.16. The van der Waals surface area contributed by atoms with Gasteiger partial charge in [-0.25, -0.2) is 0 Å². The van der Waals surface area contributed by atoms with Gasteiger partial charge in [0.1, 0.15) is 17.2 Å². The normalized spacial score (nSPS) is 10.6. The molecule has 0 aliphatic rings. The van der Waals surface area contributed by atoms with Crippen LogP contribution in [0.3, 0.4) is 0 Å². The van der Waals surface area contributed by atoms with Crippen LogP contribution in [0.5, 0.6) is 11.5 Å². The fraction of sp³-hybridized carbons (Fsp3) is 0.0588. The van der Waals surface area contributed by atoms with Crippen molar-refractivity contribution in [1.29, 1.82) is 5.41 Å². The molecule has 8 heteroatoms. The van der Waals surface area contributed by atoms with Crippen LogP contribution in [-0.4, -0.2) is 28.8 Å². The van der Waals surface area contributed by atoms with E-state index in [-0.39, 0.29) is 11.7 Å². The maximum absolute atomic E-state index is 12.3. The Morgan fingerprint density at radius 1 is 1.24 bits per heavy atom. The largest absolute Gasteiger partial charge is 0.457 e. The Bertz CT molecular complexity index is 982. The molecule has 25 heavy (non-hydrogen) atoms. The van der Waals surface area contributed by atoms with Crippen molar-refractivity contribution in [3.63, 3.8) is 0 Å². The van der Waals surface area contributed by atoms with Gasteiger partial charge < -0.3 is 21.2 Å². The molecular formula is C17H16ClN5O2. The van der Waals surface area contributed by atoms with Crippen molar-refractivity contribution >= 4 is 40.1 Å². The number of nitrogens with two attached hydrogens (primary N) is 2. The minimum absolute atomic E-state index is 0.274. The molecule has 2 aromatic carbocycles. The number of benzene rings is 2. The van der Waals surface area contributed by atoms with Crippen molar-refractivity contribution in [3.05, 3.63) is 53.2 Å². The molecule has 128 valence electrons. The van der Waals surface area contributed by atoms with Crippen molar-refractivity contribution in [2.45, 2.75) is 0 Å². The number of fused-ring (bicyclic) bond motifs is 1. The highest BCUT2D eigenvalue weighted by Crippen LogP contribution is 2.32. The molecule has 0 spiro atoms. The highest BCUT2D eigenvalue weighted by molar-refractivity contribution is 6.35. The van der Waals surface area contributed by atoms with E-state index in [4.69, 9.17) is 33.2 Å². The standard InChI is InChI=1S/C17H16ClN5O2/c1-23(17(20)21)16(24)15-8-12-13(18)6-11(7-14(12)22-15)25-10-4-2-3-9(19)5-10/h2-8,22H,19H2,1H3,(H3,20,21). The lowest BCUT2D eigenvalue weighted by Gasteiger charge is -2.12. The molecule has 0 fully saturated rings. The molecule has 0 unspecified atom stereocenters. The number of H-pyrrole nitrogens is 1. The van der Waals surface area contributed by atoms with Gasteiger partial charge in [0.15, 0.2) is 5.96 Å². The zero-order valence-corrected chi connectivity index (χ0v) is 14.1. The van der Waals surface area contributed by atoms with E-state index in [1.807, 2.05) is 0 Å². The number of nitrogens with zero attached hydrogens (tertiary/aromatic N) is 1. The zero-order valence-electron chi connectivity index (χ0n) is 13.3. The second-order valence-electron chi connectivity index (χ2n) is 5.47. The summed E-state index contributed by atoms with van der Waals surface area (Å²) < 4.78 is 5.77. The Labute approximate surface area is 148 Å². The van der Waals surface area contributed by atoms with Crippen LogP contribution in [0.15, 0.2) is 42.5 Å². The van der Waals surface area contributed by atoms with Crippen molar-refractivity contribution in [2.24, 2.45) is 5.73 Å². The van der Waals surface area contributed by atoms with Crippen LogP contribution in [0, 0.1) is 5.41 Å².